The third kappa shape index (κ3) is 12.7. The second-order valence-electron chi connectivity index (χ2n) is 16.5. The van der Waals surface area contributed by atoms with Crippen molar-refractivity contribution in [1.82, 2.24) is 10.2 Å². The quantitative estimate of drug-likeness (QED) is 0.0915. The van der Waals surface area contributed by atoms with Gasteiger partial charge in [0.25, 0.3) is 5.91 Å². The van der Waals surface area contributed by atoms with Crippen LogP contribution in [0.2, 0.25) is 0 Å². The number of amides is 2. The molecule has 3 unspecified atom stereocenters. The van der Waals surface area contributed by atoms with E-state index in [1.54, 1.807) is 0 Å². The van der Waals surface area contributed by atoms with Gasteiger partial charge in [-0.3, -0.25) is 9.59 Å². The van der Waals surface area contributed by atoms with E-state index in [0.717, 1.165) is 32.1 Å². The van der Waals surface area contributed by atoms with E-state index in [1.807, 2.05) is 18.7 Å². The van der Waals surface area contributed by atoms with Crippen LogP contribution < -0.4 is 11.1 Å². The molecule has 2 fully saturated rings. The first kappa shape index (κ1) is 41.0. The van der Waals surface area contributed by atoms with E-state index in [9.17, 15) is 9.59 Å². The topological polar surface area (TPSA) is 84.7 Å². The molecule has 6 nitrogen and oxygen atoms in total. The summed E-state index contributed by atoms with van der Waals surface area (Å²) in [7, 11) is 0. The van der Waals surface area contributed by atoms with Gasteiger partial charge in [-0.1, -0.05) is 149 Å². The maximum absolute atomic E-state index is 14.6. The third-order valence-electron chi connectivity index (χ3n) is 10.9. The van der Waals surface area contributed by atoms with E-state index < -0.39 is 28.7 Å². The van der Waals surface area contributed by atoms with E-state index in [1.165, 1.54) is 122 Å². The molecule has 2 aliphatic rings. The molecule has 0 saturated carbocycles. The number of nitrogens with zero attached hydrogens (tertiary/aromatic N) is 1. The van der Waals surface area contributed by atoms with E-state index in [-0.39, 0.29) is 11.4 Å². The lowest BCUT2D eigenvalue weighted by Crippen LogP contribution is -2.74. The number of ether oxygens (including phenoxy) is 1. The van der Waals surface area contributed by atoms with Crippen LogP contribution in [-0.2, 0) is 14.3 Å². The van der Waals surface area contributed by atoms with Crippen molar-refractivity contribution < 1.29 is 14.3 Å². The van der Waals surface area contributed by atoms with Crippen molar-refractivity contribution in [2.24, 2.45) is 11.7 Å². The van der Waals surface area contributed by atoms with Crippen LogP contribution in [0.15, 0.2) is 0 Å². The number of carbonyl (C=O) groups excluding carboxylic acids is 2. The summed E-state index contributed by atoms with van der Waals surface area (Å²) in [6.07, 6.45) is 31.0. The molecule has 2 rings (SSSR count). The Kier molecular flexibility index (Phi) is 18.2. The largest absolute Gasteiger partial charge is 0.369 e. The number of carbonyl (C=O) groups is 2. The smallest absolute Gasteiger partial charge is 0.258 e. The van der Waals surface area contributed by atoms with Gasteiger partial charge in [-0.2, -0.15) is 0 Å². The molecule has 1 spiro atoms. The predicted octanol–water partition coefficient (Wildman–Crippen LogP) is 10.4. The summed E-state index contributed by atoms with van der Waals surface area (Å²) in [5.74, 6) is -1.21. The minimum absolute atomic E-state index is 0.0228. The highest BCUT2D eigenvalue weighted by atomic mass is 16.6. The van der Waals surface area contributed by atoms with Crippen molar-refractivity contribution in [2.75, 3.05) is 6.54 Å². The molecular weight excluding hydrogens is 570 g/mol. The molecule has 0 radical (unpaired) electrons. The average Bonchev–Trinajstić information content (AvgIpc) is 3.15. The first-order valence-corrected chi connectivity index (χ1v) is 20.0. The summed E-state index contributed by atoms with van der Waals surface area (Å²) in [5, 5.41) is 3.60. The fourth-order valence-corrected chi connectivity index (χ4v) is 8.90. The van der Waals surface area contributed by atoms with Crippen LogP contribution in [0.3, 0.4) is 0 Å². The fourth-order valence-electron chi connectivity index (χ4n) is 8.90. The van der Waals surface area contributed by atoms with Crippen molar-refractivity contribution in [3.63, 3.8) is 0 Å². The average molecular weight is 648 g/mol. The molecule has 3 atom stereocenters. The van der Waals surface area contributed by atoms with Crippen molar-refractivity contribution in [2.45, 2.75) is 231 Å². The van der Waals surface area contributed by atoms with Gasteiger partial charge in [-0.15, -0.1) is 0 Å². The molecular formula is C40H77N3O3. The van der Waals surface area contributed by atoms with Crippen LogP contribution in [0.5, 0.6) is 0 Å². The number of piperidine rings is 1. The Morgan fingerprint density at radius 1 is 0.696 bits per heavy atom. The van der Waals surface area contributed by atoms with Gasteiger partial charge in [0.15, 0.2) is 5.60 Å². The Morgan fingerprint density at radius 2 is 1.09 bits per heavy atom. The normalized spacial score (nSPS) is 25.5. The van der Waals surface area contributed by atoms with E-state index in [0.29, 0.717) is 13.0 Å². The molecule has 0 aromatic heterocycles. The summed E-state index contributed by atoms with van der Waals surface area (Å²) in [4.78, 5) is 29.6. The molecule has 46 heavy (non-hydrogen) atoms. The summed E-state index contributed by atoms with van der Waals surface area (Å²) >= 11 is 0. The van der Waals surface area contributed by atoms with Crippen LogP contribution >= 0.6 is 0 Å². The Morgan fingerprint density at radius 3 is 1.50 bits per heavy atom. The Hall–Kier alpha value is -1.14. The van der Waals surface area contributed by atoms with Crippen molar-refractivity contribution in [3.05, 3.63) is 0 Å². The number of hydrogen-bond acceptors (Lipinski definition) is 4. The Balaban J connectivity index is 1.88. The number of unbranched alkanes of at least 4 members (excludes halogenated alkanes) is 21. The maximum atomic E-state index is 14.6. The standard InChI is InChI=1S/C40H77N3O3/c1-8-10-12-14-16-17-18-19-20-21-22-23-24-26-28-30-32-43-36(45)40(33-37(3,4)42-38(5,6)34(40)35(41)44)46-39(43,7)31-29-27-25-15-13-11-9-2/h34,42H,8-33H2,1-7H3,(H2,41,44). The summed E-state index contributed by atoms with van der Waals surface area (Å²) in [6.45, 7) is 15.5. The molecule has 0 bridgehead atoms. The highest BCUT2D eigenvalue weighted by Crippen LogP contribution is 2.52. The highest BCUT2D eigenvalue weighted by Gasteiger charge is 2.69. The lowest BCUT2D eigenvalue weighted by Gasteiger charge is -2.54. The molecule has 0 aliphatic carbocycles. The van der Waals surface area contributed by atoms with Crippen molar-refractivity contribution in [1.29, 1.82) is 0 Å². The molecule has 0 aromatic carbocycles. The van der Waals surface area contributed by atoms with Gasteiger partial charge in [0.05, 0.1) is 5.92 Å². The Labute approximate surface area is 285 Å². The van der Waals surface area contributed by atoms with Gasteiger partial charge in [0.1, 0.15) is 5.72 Å². The Bertz CT molecular complexity index is 874. The molecule has 0 aromatic rings. The van der Waals surface area contributed by atoms with Gasteiger partial charge in [0, 0.05) is 24.0 Å². The number of primary amides is 1. The van der Waals surface area contributed by atoms with E-state index in [2.05, 4.69) is 39.9 Å². The molecule has 3 N–H and O–H groups in total. The van der Waals surface area contributed by atoms with Gasteiger partial charge in [-0.25, -0.2) is 0 Å². The second kappa shape index (κ2) is 20.4. The number of hydrogen-bond donors (Lipinski definition) is 2. The maximum Gasteiger partial charge on any atom is 0.258 e. The van der Waals surface area contributed by atoms with Crippen LogP contribution in [0.1, 0.15) is 209 Å². The molecule has 2 amide bonds. The minimum atomic E-state index is -1.23. The summed E-state index contributed by atoms with van der Waals surface area (Å²) < 4.78 is 7.01. The van der Waals surface area contributed by atoms with Crippen LogP contribution in [0.25, 0.3) is 0 Å². The third-order valence-corrected chi connectivity index (χ3v) is 10.9. The van der Waals surface area contributed by atoms with Gasteiger partial charge >= 0.3 is 0 Å². The first-order valence-electron chi connectivity index (χ1n) is 20.0. The predicted molar refractivity (Wildman–Crippen MR) is 195 cm³/mol. The molecule has 2 saturated heterocycles. The van der Waals surface area contributed by atoms with E-state index >= 15 is 0 Å². The first-order chi connectivity index (χ1) is 21.9. The SMILES string of the molecule is CCCCCCCCCCCCCCCCCCN1C(=O)C2(CC(C)(C)NC(C)(C)C2C(N)=O)OC1(C)CCCCCCCCC. The van der Waals surface area contributed by atoms with Gasteiger partial charge in [-0.05, 0) is 53.9 Å². The zero-order valence-corrected chi connectivity index (χ0v) is 31.7. The van der Waals surface area contributed by atoms with Gasteiger partial charge in [0.2, 0.25) is 5.91 Å². The number of nitrogens with one attached hydrogen (secondary N) is 1. The minimum Gasteiger partial charge on any atom is -0.369 e. The van der Waals surface area contributed by atoms with Gasteiger partial charge < -0.3 is 20.7 Å². The summed E-state index contributed by atoms with van der Waals surface area (Å²) in [6, 6.07) is 0. The van der Waals surface area contributed by atoms with E-state index in [4.69, 9.17) is 10.5 Å². The zero-order chi connectivity index (χ0) is 34.1. The van der Waals surface area contributed by atoms with Crippen LogP contribution in [0.4, 0.5) is 0 Å². The fraction of sp³-hybridized carbons (Fsp3) is 0.950. The zero-order valence-electron chi connectivity index (χ0n) is 31.7. The van der Waals surface area contributed by atoms with Crippen LogP contribution in [0, 0.1) is 5.92 Å². The summed E-state index contributed by atoms with van der Waals surface area (Å²) in [5.41, 5.74) is 3.11. The van der Waals surface area contributed by atoms with Crippen LogP contribution in [-0.4, -0.2) is 45.7 Å². The molecule has 2 aliphatic heterocycles. The molecule has 270 valence electrons. The molecule has 2 heterocycles. The lowest BCUT2D eigenvalue weighted by molar-refractivity contribution is -0.192. The molecule has 6 heteroatoms. The highest BCUT2D eigenvalue weighted by molar-refractivity contribution is 5.95. The second-order valence-corrected chi connectivity index (χ2v) is 16.5. The number of nitrogens with two attached hydrogens (primary N) is 1. The number of rotatable bonds is 26. The monoisotopic (exact) mass is 648 g/mol. The lowest BCUT2D eigenvalue weighted by atomic mass is 9.64. The van der Waals surface area contributed by atoms with Crippen molar-refractivity contribution >= 4 is 11.8 Å². The van der Waals surface area contributed by atoms with Crippen molar-refractivity contribution in [3.8, 4) is 0 Å².